The molecular weight excluding hydrogens is 434 g/mol. The number of amides is 1. The molecule has 2 heterocycles. The van der Waals surface area contributed by atoms with Crippen LogP contribution in [0.5, 0.6) is 5.75 Å². The number of nitrogens with one attached hydrogen (secondary N) is 2. The molecule has 2 aromatic rings. The first kappa shape index (κ1) is 23.8. The smallest absolute Gasteiger partial charge is 0.341 e. The zero-order valence-electron chi connectivity index (χ0n) is 18.7. The Kier molecular flexibility index (Phi) is 7.25. The minimum Gasteiger partial charge on any atom is -0.497 e. The third-order valence-corrected chi connectivity index (χ3v) is 7.52. The van der Waals surface area contributed by atoms with E-state index in [1.165, 1.54) is 4.31 Å². The van der Waals surface area contributed by atoms with E-state index in [2.05, 4.69) is 10.3 Å². The number of methoxy groups -OCH3 is 1. The van der Waals surface area contributed by atoms with E-state index in [0.717, 1.165) is 0 Å². The lowest BCUT2D eigenvalue weighted by Gasteiger charge is -2.31. The van der Waals surface area contributed by atoms with Gasteiger partial charge in [-0.3, -0.25) is 4.79 Å². The van der Waals surface area contributed by atoms with Crippen LogP contribution in [0.1, 0.15) is 41.5 Å². The van der Waals surface area contributed by atoms with Gasteiger partial charge in [0.05, 0.1) is 19.6 Å². The molecule has 32 heavy (non-hydrogen) atoms. The predicted molar refractivity (Wildman–Crippen MR) is 119 cm³/mol. The summed E-state index contributed by atoms with van der Waals surface area (Å²) in [5, 5.41) is 2.84. The fourth-order valence-corrected chi connectivity index (χ4v) is 5.91. The highest BCUT2D eigenvalue weighted by atomic mass is 32.2. The number of piperidine rings is 1. The Morgan fingerprint density at radius 2 is 2.00 bits per heavy atom. The number of H-pyrrole nitrogens is 1. The van der Waals surface area contributed by atoms with Crippen LogP contribution in [0.2, 0.25) is 0 Å². The Balaban J connectivity index is 1.83. The number of benzene rings is 1. The van der Waals surface area contributed by atoms with Crippen molar-refractivity contribution in [3.63, 3.8) is 0 Å². The van der Waals surface area contributed by atoms with E-state index in [-0.39, 0.29) is 36.1 Å². The number of rotatable bonds is 7. The van der Waals surface area contributed by atoms with Gasteiger partial charge in [0, 0.05) is 36.2 Å². The number of aromatic nitrogens is 1. The van der Waals surface area contributed by atoms with Gasteiger partial charge in [0.25, 0.3) is 0 Å². The highest BCUT2D eigenvalue weighted by molar-refractivity contribution is 7.89. The summed E-state index contributed by atoms with van der Waals surface area (Å²) in [5.74, 6) is -0.848. The Hall–Kier alpha value is -2.85. The van der Waals surface area contributed by atoms with Gasteiger partial charge in [-0.05, 0) is 45.7 Å². The van der Waals surface area contributed by atoms with Crippen LogP contribution in [0, 0.1) is 19.8 Å². The molecule has 1 aromatic carbocycles. The van der Waals surface area contributed by atoms with Crippen molar-refractivity contribution in [1.29, 1.82) is 0 Å². The molecule has 3 rings (SSSR count). The second-order valence-corrected chi connectivity index (χ2v) is 9.60. The normalized spacial score (nSPS) is 17.1. The predicted octanol–water partition coefficient (Wildman–Crippen LogP) is 2.86. The molecular formula is C22H29N3O6S. The Morgan fingerprint density at radius 3 is 2.69 bits per heavy atom. The van der Waals surface area contributed by atoms with Crippen molar-refractivity contribution >= 4 is 27.6 Å². The number of carbonyl (C=O) groups is 2. The van der Waals surface area contributed by atoms with Crippen LogP contribution < -0.4 is 10.1 Å². The quantitative estimate of drug-likeness (QED) is 0.610. The number of aromatic amines is 1. The van der Waals surface area contributed by atoms with E-state index in [1.807, 2.05) is 0 Å². The minimum atomic E-state index is -4.01. The Bertz CT molecular complexity index is 1110. The molecule has 1 fully saturated rings. The molecule has 9 nitrogen and oxygen atoms in total. The lowest BCUT2D eigenvalue weighted by molar-refractivity contribution is -0.120. The van der Waals surface area contributed by atoms with Crippen LogP contribution in [0.3, 0.4) is 0 Å². The van der Waals surface area contributed by atoms with Crippen molar-refractivity contribution in [2.75, 3.05) is 32.1 Å². The second-order valence-electron chi connectivity index (χ2n) is 7.72. The molecule has 0 unspecified atom stereocenters. The number of carbonyl (C=O) groups excluding carboxylic acids is 2. The van der Waals surface area contributed by atoms with Gasteiger partial charge < -0.3 is 19.8 Å². The fourth-order valence-electron chi connectivity index (χ4n) is 3.98. The summed E-state index contributed by atoms with van der Waals surface area (Å²) >= 11 is 0. The summed E-state index contributed by atoms with van der Waals surface area (Å²) < 4.78 is 38.6. The third-order valence-electron chi connectivity index (χ3n) is 5.49. The van der Waals surface area contributed by atoms with Gasteiger partial charge in [-0.1, -0.05) is 6.07 Å². The van der Waals surface area contributed by atoms with Crippen molar-refractivity contribution in [2.24, 2.45) is 5.92 Å². The monoisotopic (exact) mass is 463 g/mol. The van der Waals surface area contributed by atoms with Crippen molar-refractivity contribution in [3.05, 3.63) is 41.2 Å². The van der Waals surface area contributed by atoms with E-state index in [9.17, 15) is 18.0 Å². The molecule has 1 aromatic heterocycles. The SMILES string of the molecule is CCOC(=O)c1c(C)[nH]c(C)c1S(=O)(=O)N1CCC[C@@H](C(=O)Nc2cccc(OC)c2)C1. The van der Waals surface area contributed by atoms with E-state index in [0.29, 0.717) is 35.7 Å². The third kappa shape index (κ3) is 4.81. The average Bonchev–Trinajstić information content (AvgIpc) is 3.08. The summed E-state index contributed by atoms with van der Waals surface area (Å²) in [5.41, 5.74) is 1.40. The number of hydrogen-bond acceptors (Lipinski definition) is 6. The number of anilines is 1. The van der Waals surface area contributed by atoms with Crippen LogP contribution in [-0.4, -0.2) is 56.4 Å². The number of sulfonamides is 1. The average molecular weight is 464 g/mol. The van der Waals surface area contributed by atoms with Gasteiger partial charge in [0.15, 0.2) is 0 Å². The molecule has 0 saturated carbocycles. The largest absolute Gasteiger partial charge is 0.497 e. The molecule has 10 heteroatoms. The maximum Gasteiger partial charge on any atom is 0.341 e. The highest BCUT2D eigenvalue weighted by Gasteiger charge is 2.38. The molecule has 0 aliphatic carbocycles. The molecule has 2 N–H and O–H groups in total. The highest BCUT2D eigenvalue weighted by Crippen LogP contribution is 2.31. The molecule has 0 spiro atoms. The molecule has 1 amide bonds. The molecule has 1 saturated heterocycles. The molecule has 0 radical (unpaired) electrons. The van der Waals surface area contributed by atoms with Crippen molar-refractivity contribution in [2.45, 2.75) is 38.5 Å². The van der Waals surface area contributed by atoms with E-state index < -0.39 is 21.9 Å². The Morgan fingerprint density at radius 1 is 1.25 bits per heavy atom. The van der Waals surface area contributed by atoms with E-state index >= 15 is 0 Å². The minimum absolute atomic E-state index is 0.0207. The summed E-state index contributed by atoms with van der Waals surface area (Å²) in [4.78, 5) is 28.2. The van der Waals surface area contributed by atoms with Gasteiger partial charge in [0.2, 0.25) is 15.9 Å². The van der Waals surface area contributed by atoms with Crippen LogP contribution in [0.25, 0.3) is 0 Å². The van der Waals surface area contributed by atoms with Crippen LogP contribution in [0.4, 0.5) is 5.69 Å². The summed E-state index contributed by atoms with van der Waals surface area (Å²) in [6, 6.07) is 6.98. The van der Waals surface area contributed by atoms with E-state index in [1.54, 1.807) is 52.1 Å². The van der Waals surface area contributed by atoms with Gasteiger partial charge in [-0.15, -0.1) is 0 Å². The fraction of sp³-hybridized carbons (Fsp3) is 0.455. The maximum atomic E-state index is 13.5. The first-order chi connectivity index (χ1) is 15.2. The van der Waals surface area contributed by atoms with Crippen LogP contribution >= 0.6 is 0 Å². The van der Waals surface area contributed by atoms with Gasteiger partial charge >= 0.3 is 5.97 Å². The van der Waals surface area contributed by atoms with Crippen molar-refractivity contribution < 1.29 is 27.5 Å². The molecule has 1 aliphatic heterocycles. The molecule has 0 bridgehead atoms. The summed E-state index contributed by atoms with van der Waals surface area (Å²) in [7, 11) is -2.47. The number of esters is 1. The lowest BCUT2D eigenvalue weighted by Crippen LogP contribution is -2.44. The first-order valence-corrected chi connectivity index (χ1v) is 11.9. The standard InChI is InChI=1S/C22H29N3O6S/c1-5-31-22(27)19-14(2)23-15(3)20(19)32(28,29)25-11-7-8-16(13-25)21(26)24-17-9-6-10-18(12-17)30-4/h6,9-10,12,16,23H,5,7-8,11,13H2,1-4H3,(H,24,26)/t16-/m1/s1. The maximum absolute atomic E-state index is 13.5. The van der Waals surface area contributed by atoms with Gasteiger partial charge in [0.1, 0.15) is 16.2 Å². The molecule has 1 atom stereocenters. The number of ether oxygens (including phenoxy) is 2. The Labute approximate surface area is 188 Å². The lowest BCUT2D eigenvalue weighted by atomic mass is 9.98. The number of hydrogen-bond donors (Lipinski definition) is 2. The topological polar surface area (TPSA) is 118 Å². The van der Waals surface area contributed by atoms with E-state index in [4.69, 9.17) is 9.47 Å². The molecule has 1 aliphatic rings. The first-order valence-electron chi connectivity index (χ1n) is 10.5. The van der Waals surface area contributed by atoms with Crippen molar-refractivity contribution in [3.8, 4) is 5.75 Å². The zero-order chi connectivity index (χ0) is 23.5. The van der Waals surface area contributed by atoms with Crippen LogP contribution in [-0.2, 0) is 19.6 Å². The number of aryl methyl sites for hydroxylation is 2. The van der Waals surface area contributed by atoms with Crippen LogP contribution in [0.15, 0.2) is 29.2 Å². The summed E-state index contributed by atoms with van der Waals surface area (Å²) in [6.07, 6.45) is 1.10. The molecule has 174 valence electrons. The summed E-state index contributed by atoms with van der Waals surface area (Å²) in [6.45, 7) is 5.36. The van der Waals surface area contributed by atoms with Crippen molar-refractivity contribution in [1.82, 2.24) is 9.29 Å². The van der Waals surface area contributed by atoms with Gasteiger partial charge in [-0.25, -0.2) is 13.2 Å². The second kappa shape index (κ2) is 9.74. The van der Waals surface area contributed by atoms with Gasteiger partial charge in [-0.2, -0.15) is 4.31 Å². The number of nitrogens with zero attached hydrogens (tertiary/aromatic N) is 1. The zero-order valence-corrected chi connectivity index (χ0v) is 19.5.